The van der Waals surface area contributed by atoms with Gasteiger partial charge in [-0.25, -0.2) is 39.2 Å². The van der Waals surface area contributed by atoms with E-state index < -0.39 is 48.0 Å². The van der Waals surface area contributed by atoms with Gasteiger partial charge in [0.25, 0.3) is 5.91 Å². The van der Waals surface area contributed by atoms with Crippen molar-refractivity contribution in [1.82, 2.24) is 20.0 Å². The number of rotatable bonds is 12. The van der Waals surface area contributed by atoms with Gasteiger partial charge in [0.05, 0.1) is 0 Å². The van der Waals surface area contributed by atoms with Crippen molar-refractivity contribution in [3.05, 3.63) is 71.8 Å². The second kappa shape index (κ2) is 18.7. The average Bonchev–Trinajstić information content (AvgIpc) is 3.03. The van der Waals surface area contributed by atoms with Gasteiger partial charge < -0.3 is 18.9 Å². The summed E-state index contributed by atoms with van der Waals surface area (Å²) in [6.45, 7) is 14.0. The molecular formula is C36H52N4O9. The molecule has 0 unspecified atom stereocenters. The largest absolute Gasteiger partial charge is 0.458 e. The number of carbonyl (C=O) groups excluding carboxylic acids is 5. The minimum atomic E-state index is -1.42. The molecule has 0 heterocycles. The summed E-state index contributed by atoms with van der Waals surface area (Å²) in [4.78, 5) is 66.8. The molecule has 270 valence electrons. The lowest BCUT2D eigenvalue weighted by Crippen LogP contribution is -2.56. The second-order valence-electron chi connectivity index (χ2n) is 13.5. The number of carbonyl (C=O) groups is 5. The van der Waals surface area contributed by atoms with Crippen molar-refractivity contribution < 1.29 is 42.9 Å². The standard InChI is InChI=1S/C36H52N4O9/c1-25(2)22-39(34(44)47-27(5)32(42)46-24-29-19-15-12-16-20-29)37(9)31(41)30(21-28-17-13-11-14-18-28)48-35(45)40(23-26(3)4)38(10)33(43)49-36(6,7)8/h11-20,25-27,30H,21-24H2,1-10H3/t27-,30-/m1/s1. The lowest BCUT2D eigenvalue weighted by atomic mass is 10.1. The van der Waals surface area contributed by atoms with E-state index in [-0.39, 0.29) is 38.0 Å². The van der Waals surface area contributed by atoms with Gasteiger partial charge >= 0.3 is 24.2 Å². The predicted molar refractivity (Wildman–Crippen MR) is 182 cm³/mol. The Bertz CT molecular complexity index is 1380. The molecule has 0 spiro atoms. The van der Waals surface area contributed by atoms with Crippen LogP contribution in [0, 0.1) is 11.8 Å². The van der Waals surface area contributed by atoms with Crippen LogP contribution in [0.1, 0.15) is 66.5 Å². The van der Waals surface area contributed by atoms with E-state index in [1.54, 1.807) is 57.2 Å². The van der Waals surface area contributed by atoms with E-state index in [2.05, 4.69) is 0 Å². The summed E-state index contributed by atoms with van der Waals surface area (Å²) in [7, 11) is 2.74. The van der Waals surface area contributed by atoms with E-state index in [1.165, 1.54) is 21.0 Å². The van der Waals surface area contributed by atoms with Crippen LogP contribution in [-0.2, 0) is 41.6 Å². The van der Waals surface area contributed by atoms with Crippen molar-refractivity contribution >= 4 is 30.2 Å². The molecule has 13 heteroatoms. The van der Waals surface area contributed by atoms with E-state index in [1.807, 2.05) is 52.0 Å². The van der Waals surface area contributed by atoms with Crippen LogP contribution < -0.4 is 0 Å². The van der Waals surface area contributed by atoms with Gasteiger partial charge in [0.2, 0.25) is 0 Å². The third kappa shape index (κ3) is 13.7. The molecule has 0 bridgehead atoms. The first kappa shape index (κ1) is 40.4. The van der Waals surface area contributed by atoms with Crippen LogP contribution in [0.25, 0.3) is 0 Å². The fourth-order valence-electron chi connectivity index (χ4n) is 4.38. The predicted octanol–water partition coefficient (Wildman–Crippen LogP) is 6.07. The highest BCUT2D eigenvalue weighted by Crippen LogP contribution is 2.18. The van der Waals surface area contributed by atoms with Gasteiger partial charge in [-0.3, -0.25) is 4.79 Å². The molecule has 0 aliphatic rings. The van der Waals surface area contributed by atoms with Gasteiger partial charge in [0, 0.05) is 33.6 Å². The first-order valence-corrected chi connectivity index (χ1v) is 16.3. The van der Waals surface area contributed by atoms with Crippen LogP contribution in [0.3, 0.4) is 0 Å². The van der Waals surface area contributed by atoms with Crippen molar-refractivity contribution in [2.24, 2.45) is 11.8 Å². The third-order valence-electron chi connectivity index (χ3n) is 6.81. The van der Waals surface area contributed by atoms with E-state index >= 15 is 0 Å². The number of likely N-dealkylation sites (N-methyl/N-ethyl adjacent to an activating group) is 1. The van der Waals surface area contributed by atoms with Crippen molar-refractivity contribution in [1.29, 1.82) is 0 Å². The molecule has 0 N–H and O–H groups in total. The number of hydrogen-bond donors (Lipinski definition) is 0. The Balaban J connectivity index is 2.32. The summed E-state index contributed by atoms with van der Waals surface area (Å²) in [5.74, 6) is -1.70. The van der Waals surface area contributed by atoms with Crippen LogP contribution in [0.4, 0.5) is 14.4 Å². The zero-order valence-corrected chi connectivity index (χ0v) is 30.4. The number of ether oxygens (including phenoxy) is 4. The highest BCUT2D eigenvalue weighted by atomic mass is 16.6. The Hall–Kier alpha value is -4.81. The van der Waals surface area contributed by atoms with Gasteiger partial charge in [-0.05, 0) is 50.7 Å². The van der Waals surface area contributed by atoms with Crippen molar-refractivity contribution in [2.45, 2.75) is 86.2 Å². The smallest absolute Gasteiger partial charge is 0.429 e. The molecule has 0 aromatic heterocycles. The lowest BCUT2D eigenvalue weighted by molar-refractivity contribution is -0.160. The monoisotopic (exact) mass is 684 g/mol. The molecule has 0 aliphatic carbocycles. The number of benzene rings is 2. The highest BCUT2D eigenvalue weighted by Gasteiger charge is 2.37. The van der Waals surface area contributed by atoms with E-state index in [0.29, 0.717) is 5.56 Å². The molecule has 2 atom stereocenters. The van der Waals surface area contributed by atoms with Crippen molar-refractivity contribution in [2.75, 3.05) is 27.2 Å². The summed E-state index contributed by atoms with van der Waals surface area (Å²) in [6.07, 6.45) is -5.44. The van der Waals surface area contributed by atoms with Crippen molar-refractivity contribution in [3.8, 4) is 0 Å². The first-order valence-electron chi connectivity index (χ1n) is 16.3. The fraction of sp³-hybridized carbons (Fsp3) is 0.528. The van der Waals surface area contributed by atoms with Crippen LogP contribution in [-0.4, -0.2) is 95.2 Å². The summed E-state index contributed by atoms with van der Waals surface area (Å²) in [5, 5.41) is 4.17. The second-order valence-corrected chi connectivity index (χ2v) is 13.5. The maximum absolute atomic E-state index is 14.1. The molecule has 0 aliphatic heterocycles. The Morgan fingerprint density at radius 3 is 1.61 bits per heavy atom. The highest BCUT2D eigenvalue weighted by molar-refractivity contribution is 5.86. The quantitative estimate of drug-likeness (QED) is 0.148. The topological polar surface area (TPSA) is 135 Å². The van der Waals surface area contributed by atoms with E-state index in [4.69, 9.17) is 18.9 Å². The molecular weight excluding hydrogens is 632 g/mol. The molecule has 0 fully saturated rings. The number of nitrogens with zero attached hydrogens (tertiary/aromatic N) is 4. The molecule has 49 heavy (non-hydrogen) atoms. The van der Waals surface area contributed by atoms with Crippen LogP contribution in [0.2, 0.25) is 0 Å². The molecule has 0 saturated carbocycles. The minimum absolute atomic E-state index is 0.000856. The SMILES string of the molecule is CC(C)CN(C(=O)O[C@H](Cc1ccccc1)C(=O)N(C)N(CC(C)C)C(=O)O[C@H](C)C(=O)OCc1ccccc1)N(C)C(=O)OC(C)(C)C. The third-order valence-corrected chi connectivity index (χ3v) is 6.81. The summed E-state index contributed by atoms with van der Waals surface area (Å²) in [5.41, 5.74) is 0.632. The zero-order chi connectivity index (χ0) is 36.9. The van der Waals surface area contributed by atoms with Crippen molar-refractivity contribution in [3.63, 3.8) is 0 Å². The van der Waals surface area contributed by atoms with Crippen LogP contribution >= 0.6 is 0 Å². The lowest BCUT2D eigenvalue weighted by Gasteiger charge is -2.36. The number of hydrogen-bond acceptors (Lipinski definition) is 9. The minimum Gasteiger partial charge on any atom is -0.458 e. The molecule has 2 rings (SSSR count). The molecule has 0 radical (unpaired) electrons. The summed E-state index contributed by atoms with van der Waals surface area (Å²) < 4.78 is 22.0. The molecule has 2 aromatic carbocycles. The van der Waals surface area contributed by atoms with Gasteiger partial charge in [-0.2, -0.15) is 0 Å². The number of hydrazine groups is 2. The summed E-state index contributed by atoms with van der Waals surface area (Å²) >= 11 is 0. The Labute approximate surface area is 289 Å². The molecule has 2 aromatic rings. The Morgan fingerprint density at radius 2 is 1.12 bits per heavy atom. The number of esters is 1. The van der Waals surface area contributed by atoms with Gasteiger partial charge in [0.15, 0.2) is 12.2 Å². The Morgan fingerprint density at radius 1 is 0.653 bits per heavy atom. The average molecular weight is 685 g/mol. The molecule has 4 amide bonds. The van der Waals surface area contributed by atoms with Gasteiger partial charge in [-0.15, -0.1) is 0 Å². The first-order chi connectivity index (χ1) is 22.9. The number of amides is 4. The summed E-state index contributed by atoms with van der Waals surface area (Å²) in [6, 6.07) is 18.0. The zero-order valence-electron chi connectivity index (χ0n) is 30.4. The molecule has 13 nitrogen and oxygen atoms in total. The maximum atomic E-state index is 14.1. The van der Waals surface area contributed by atoms with E-state index in [0.717, 1.165) is 25.6 Å². The van der Waals surface area contributed by atoms with Gasteiger partial charge in [-0.1, -0.05) is 88.4 Å². The van der Waals surface area contributed by atoms with E-state index in [9.17, 15) is 24.0 Å². The van der Waals surface area contributed by atoms with Crippen LogP contribution in [0.15, 0.2) is 60.7 Å². The maximum Gasteiger partial charge on any atom is 0.429 e. The van der Waals surface area contributed by atoms with Crippen LogP contribution in [0.5, 0.6) is 0 Å². The molecule has 0 saturated heterocycles. The normalized spacial score (nSPS) is 12.4. The fourth-order valence-corrected chi connectivity index (χ4v) is 4.38. The van der Waals surface area contributed by atoms with Gasteiger partial charge in [0.1, 0.15) is 12.2 Å². The Kier molecular flexibility index (Phi) is 15.4.